The number of carboxylic acids is 1. The predicted octanol–water partition coefficient (Wildman–Crippen LogP) is 7.62. The third-order valence-electron chi connectivity index (χ3n) is 10.9. The Balaban J connectivity index is 2.77. The van der Waals surface area contributed by atoms with Crippen LogP contribution in [0.25, 0.3) is 0 Å². The number of carbonyl (C=O) groups excluding carboxylic acids is 4. The molecular formula is C39H61NO9S. The fourth-order valence-corrected chi connectivity index (χ4v) is 9.07. The molecule has 1 fully saturated rings. The molecule has 0 aromatic rings. The van der Waals surface area contributed by atoms with Crippen molar-refractivity contribution in [2.24, 2.45) is 39.9 Å². The van der Waals surface area contributed by atoms with Gasteiger partial charge in [0.15, 0.2) is 11.5 Å². The number of hydrogen-bond donors (Lipinski definition) is 2. The lowest BCUT2D eigenvalue weighted by Crippen LogP contribution is -2.43. The standard InChI is InChI=1S/C39H61NO9S/c1-23-13-16-37(7,8)31(21-38(9,10)36(45)46)24(2)14-17-39(11)18-15-33(48-27(5)42)34(49-28(6)43)25(3)19-29(20-30(23)39)50-22-32(35(44)47-12)40-26(4)41/h15,18-19,23-24,29-32H,13-14,16-17,20-22H2,1-12H3,(H,40,41)(H,45,46)/b18-15+,25-19+,34-33-/t23-,24+,29?,30?,31-,32-,39-/m0/s1. The van der Waals surface area contributed by atoms with Crippen LogP contribution in [0.1, 0.15) is 115 Å². The molecule has 2 aliphatic rings. The number of esters is 3. The Bertz CT molecular complexity index is 1360. The maximum Gasteiger partial charge on any atom is 0.329 e. The Morgan fingerprint density at radius 2 is 1.60 bits per heavy atom. The van der Waals surface area contributed by atoms with E-state index in [-0.39, 0.29) is 57.5 Å². The summed E-state index contributed by atoms with van der Waals surface area (Å²) < 4.78 is 16.4. The number of fused-ring (bicyclic) bond motifs is 1. The average molecular weight is 720 g/mol. The average Bonchev–Trinajstić information content (AvgIpc) is 3.00. The van der Waals surface area contributed by atoms with Crippen molar-refractivity contribution in [3.63, 3.8) is 0 Å². The molecule has 0 radical (unpaired) electrons. The highest BCUT2D eigenvalue weighted by molar-refractivity contribution is 8.00. The number of allylic oxidation sites excluding steroid dienone is 3. The van der Waals surface area contributed by atoms with E-state index in [1.165, 1.54) is 39.6 Å². The van der Waals surface area contributed by atoms with Crippen molar-refractivity contribution in [2.45, 2.75) is 126 Å². The van der Waals surface area contributed by atoms with E-state index in [0.717, 1.165) is 32.1 Å². The van der Waals surface area contributed by atoms with Gasteiger partial charge < -0.3 is 24.6 Å². The highest BCUT2D eigenvalue weighted by Gasteiger charge is 2.44. The van der Waals surface area contributed by atoms with E-state index in [1.807, 2.05) is 19.9 Å². The summed E-state index contributed by atoms with van der Waals surface area (Å²) in [6, 6.07) is -0.854. The second-order valence-electron chi connectivity index (χ2n) is 16.1. The predicted molar refractivity (Wildman–Crippen MR) is 196 cm³/mol. The minimum absolute atomic E-state index is 0.0964. The molecule has 11 heteroatoms. The number of carbonyl (C=O) groups is 5. The molecule has 50 heavy (non-hydrogen) atoms. The SMILES string of the molecule is COC(=O)[C@H](CSC1/C=C(C)/C(OC(C)=O)=C(OC(C)=O)\C=C\[C@]2(C)CC[C@@H](C)[C@H](CC(C)(C)C(=O)O)C(C)(C)CC[C@H](C)C2C1)NC(C)=O. The van der Waals surface area contributed by atoms with Crippen LogP contribution in [-0.2, 0) is 38.2 Å². The van der Waals surface area contributed by atoms with Gasteiger partial charge in [-0.3, -0.25) is 19.2 Å². The number of thioether (sulfide) groups is 1. The van der Waals surface area contributed by atoms with E-state index in [4.69, 9.17) is 14.2 Å². The van der Waals surface area contributed by atoms with E-state index in [0.29, 0.717) is 12.0 Å². The highest BCUT2D eigenvalue weighted by Crippen LogP contribution is 2.52. The monoisotopic (exact) mass is 719 g/mol. The van der Waals surface area contributed by atoms with E-state index in [9.17, 15) is 29.1 Å². The summed E-state index contributed by atoms with van der Waals surface area (Å²) in [4.78, 5) is 61.5. The molecule has 2 unspecified atom stereocenters. The van der Waals surface area contributed by atoms with Crippen molar-refractivity contribution in [1.29, 1.82) is 0 Å². The Kier molecular flexibility index (Phi) is 15.4. The van der Waals surface area contributed by atoms with Crippen LogP contribution in [0.4, 0.5) is 0 Å². The van der Waals surface area contributed by atoms with Crippen molar-refractivity contribution in [3.05, 3.63) is 35.3 Å². The lowest BCUT2D eigenvalue weighted by molar-refractivity contribution is -0.149. The zero-order chi connectivity index (χ0) is 38.2. The van der Waals surface area contributed by atoms with Gasteiger partial charge in [0.1, 0.15) is 6.04 Å². The van der Waals surface area contributed by atoms with Crippen LogP contribution in [0.5, 0.6) is 0 Å². The normalized spacial score (nSPS) is 31.4. The van der Waals surface area contributed by atoms with E-state index in [1.54, 1.807) is 13.0 Å². The summed E-state index contributed by atoms with van der Waals surface area (Å²) in [5.74, 6) is -1.48. The Morgan fingerprint density at radius 3 is 2.14 bits per heavy atom. The third-order valence-corrected chi connectivity index (χ3v) is 12.2. The fraction of sp³-hybridized carbons (Fsp3) is 0.718. The van der Waals surface area contributed by atoms with E-state index in [2.05, 4.69) is 46.0 Å². The van der Waals surface area contributed by atoms with Crippen LogP contribution in [0.3, 0.4) is 0 Å². The highest BCUT2D eigenvalue weighted by atomic mass is 32.2. The third kappa shape index (κ3) is 12.0. The first kappa shape index (κ1) is 43.1. The van der Waals surface area contributed by atoms with Crippen LogP contribution in [0.15, 0.2) is 35.3 Å². The molecule has 2 rings (SSSR count). The molecular weight excluding hydrogens is 658 g/mol. The molecule has 2 N–H and O–H groups in total. The smallest absolute Gasteiger partial charge is 0.329 e. The first-order valence-corrected chi connectivity index (χ1v) is 18.8. The second kappa shape index (κ2) is 17.9. The molecule has 0 aliphatic heterocycles. The van der Waals surface area contributed by atoms with Gasteiger partial charge in [0.25, 0.3) is 0 Å². The van der Waals surface area contributed by atoms with E-state index >= 15 is 0 Å². The lowest BCUT2D eigenvalue weighted by atomic mass is 9.58. The van der Waals surface area contributed by atoms with E-state index < -0.39 is 40.7 Å². The molecule has 0 spiro atoms. The zero-order valence-electron chi connectivity index (χ0n) is 32.3. The molecule has 0 bridgehead atoms. The number of hydrogen-bond acceptors (Lipinski definition) is 9. The molecule has 1 saturated carbocycles. The molecule has 0 aromatic carbocycles. The number of carboxylic acid groups (broad SMARTS) is 1. The number of ether oxygens (including phenoxy) is 3. The number of nitrogens with one attached hydrogen (secondary N) is 1. The van der Waals surface area contributed by atoms with Crippen molar-refractivity contribution in [2.75, 3.05) is 12.9 Å². The Labute approximate surface area is 303 Å². The number of aliphatic carboxylic acids is 1. The first-order chi connectivity index (χ1) is 23.0. The summed E-state index contributed by atoms with van der Waals surface area (Å²) in [6.45, 7) is 20.7. The largest absolute Gasteiger partial charge is 0.481 e. The van der Waals surface area contributed by atoms with Gasteiger partial charge in [-0.1, -0.05) is 46.8 Å². The maximum atomic E-state index is 12.6. The van der Waals surface area contributed by atoms with Gasteiger partial charge in [0, 0.05) is 31.8 Å². The summed E-state index contributed by atoms with van der Waals surface area (Å²) in [7, 11) is 1.29. The van der Waals surface area contributed by atoms with Gasteiger partial charge >= 0.3 is 23.9 Å². The van der Waals surface area contributed by atoms with Gasteiger partial charge in [-0.2, -0.15) is 11.8 Å². The van der Waals surface area contributed by atoms with Crippen LogP contribution in [0, 0.1) is 39.9 Å². The first-order valence-electron chi connectivity index (χ1n) is 17.7. The molecule has 2 aliphatic carbocycles. The summed E-state index contributed by atoms with van der Waals surface area (Å²) in [6.07, 6.45) is 10.6. The van der Waals surface area contributed by atoms with Crippen molar-refractivity contribution < 1.29 is 43.3 Å². The Hall–Kier alpha value is -3.08. The van der Waals surface area contributed by atoms with Gasteiger partial charge in [0.05, 0.1) is 12.5 Å². The summed E-state index contributed by atoms with van der Waals surface area (Å²) in [5.41, 5.74) is -0.769. The Morgan fingerprint density at radius 1 is 1.00 bits per heavy atom. The van der Waals surface area contributed by atoms with Gasteiger partial charge in [-0.15, -0.1) is 0 Å². The summed E-state index contributed by atoms with van der Waals surface area (Å²) in [5, 5.41) is 12.6. The molecule has 0 saturated heterocycles. The maximum absolute atomic E-state index is 12.6. The molecule has 10 nitrogen and oxygen atoms in total. The minimum atomic E-state index is -0.862. The number of methoxy groups -OCH3 is 1. The minimum Gasteiger partial charge on any atom is -0.481 e. The number of rotatable bonds is 10. The lowest BCUT2D eigenvalue weighted by Gasteiger charge is -2.47. The van der Waals surface area contributed by atoms with Gasteiger partial charge in [0.2, 0.25) is 5.91 Å². The molecule has 282 valence electrons. The van der Waals surface area contributed by atoms with Gasteiger partial charge in [-0.05, 0) is 105 Å². The fourth-order valence-electron chi connectivity index (χ4n) is 7.77. The second-order valence-corrected chi connectivity index (χ2v) is 17.4. The molecule has 7 atom stereocenters. The topological polar surface area (TPSA) is 145 Å². The van der Waals surface area contributed by atoms with Crippen LogP contribution in [-0.4, -0.2) is 59.0 Å². The van der Waals surface area contributed by atoms with Crippen molar-refractivity contribution >= 4 is 41.5 Å². The molecule has 0 heterocycles. The summed E-state index contributed by atoms with van der Waals surface area (Å²) >= 11 is 1.51. The molecule has 0 aromatic heterocycles. The molecule has 1 amide bonds. The van der Waals surface area contributed by atoms with Crippen molar-refractivity contribution in [1.82, 2.24) is 5.32 Å². The van der Waals surface area contributed by atoms with Crippen LogP contribution < -0.4 is 5.32 Å². The quantitative estimate of drug-likeness (QED) is 0.171. The van der Waals surface area contributed by atoms with Crippen molar-refractivity contribution in [3.8, 4) is 0 Å². The van der Waals surface area contributed by atoms with Gasteiger partial charge in [-0.25, -0.2) is 4.79 Å². The number of amides is 1. The van der Waals surface area contributed by atoms with Crippen LogP contribution >= 0.6 is 11.8 Å². The zero-order valence-corrected chi connectivity index (χ0v) is 33.1. The van der Waals surface area contributed by atoms with Crippen LogP contribution in [0.2, 0.25) is 0 Å².